The molecule has 3 aromatic rings. The van der Waals surface area contributed by atoms with Crippen molar-refractivity contribution in [3.05, 3.63) is 88.7 Å². The van der Waals surface area contributed by atoms with E-state index in [1.165, 1.54) is 16.4 Å². The number of para-hydroxylation sites is 1. The van der Waals surface area contributed by atoms with Crippen LogP contribution in [-0.4, -0.2) is 31.4 Å². The molecule has 1 N–H and O–H groups in total. The van der Waals surface area contributed by atoms with Crippen LogP contribution in [0.3, 0.4) is 0 Å². The molecule has 8 nitrogen and oxygen atoms in total. The normalized spacial score (nSPS) is 11.1. The zero-order chi connectivity index (χ0) is 21.6. The molecule has 1 heterocycles. The Morgan fingerprint density at radius 2 is 1.80 bits per heavy atom. The zero-order valence-corrected chi connectivity index (χ0v) is 17.2. The van der Waals surface area contributed by atoms with Crippen molar-refractivity contribution < 1.29 is 13.3 Å². The van der Waals surface area contributed by atoms with Crippen LogP contribution in [-0.2, 0) is 16.4 Å². The third kappa shape index (κ3) is 4.74. The van der Waals surface area contributed by atoms with Crippen LogP contribution in [0.1, 0.15) is 12.6 Å². The number of nitrogens with one attached hydrogen (secondary N) is 1. The molecule has 2 aromatic carbocycles. The molecule has 0 fully saturated rings. The SMILES string of the molecule is CCN(c1ccccc1)S(=O)(=O)c1ccc(NCCc2ccccn2)c([N+](=O)[O-])c1. The van der Waals surface area contributed by atoms with Gasteiger partial charge in [0.25, 0.3) is 15.7 Å². The average Bonchev–Trinajstić information content (AvgIpc) is 2.75. The Hall–Kier alpha value is -3.46. The van der Waals surface area contributed by atoms with E-state index < -0.39 is 14.9 Å². The Morgan fingerprint density at radius 3 is 2.43 bits per heavy atom. The number of aromatic nitrogens is 1. The number of benzene rings is 2. The molecule has 156 valence electrons. The number of anilines is 2. The van der Waals surface area contributed by atoms with Crippen LogP contribution in [0.5, 0.6) is 0 Å². The number of hydrogen-bond acceptors (Lipinski definition) is 6. The Labute approximate surface area is 175 Å². The second-order valence-electron chi connectivity index (χ2n) is 6.44. The Balaban J connectivity index is 1.85. The number of rotatable bonds is 9. The summed E-state index contributed by atoms with van der Waals surface area (Å²) in [5.41, 5.74) is 1.33. The van der Waals surface area contributed by atoms with Gasteiger partial charge in [-0.1, -0.05) is 24.3 Å². The van der Waals surface area contributed by atoms with E-state index in [0.29, 0.717) is 18.7 Å². The van der Waals surface area contributed by atoms with E-state index in [1.807, 2.05) is 18.2 Å². The van der Waals surface area contributed by atoms with E-state index in [9.17, 15) is 18.5 Å². The molecule has 0 aliphatic heterocycles. The van der Waals surface area contributed by atoms with Gasteiger partial charge in [0.2, 0.25) is 0 Å². The van der Waals surface area contributed by atoms with Gasteiger partial charge in [0.05, 0.1) is 15.5 Å². The fourth-order valence-electron chi connectivity index (χ4n) is 3.06. The number of nitrogens with zero attached hydrogens (tertiary/aromatic N) is 3. The molecule has 1 aromatic heterocycles. The van der Waals surface area contributed by atoms with Crippen molar-refractivity contribution in [3.63, 3.8) is 0 Å². The van der Waals surface area contributed by atoms with Crippen molar-refractivity contribution in [2.45, 2.75) is 18.2 Å². The molecule has 0 saturated heterocycles. The molecular formula is C21H22N4O4S. The first-order valence-electron chi connectivity index (χ1n) is 9.43. The van der Waals surface area contributed by atoms with Crippen molar-refractivity contribution >= 4 is 27.1 Å². The predicted molar refractivity (Wildman–Crippen MR) is 116 cm³/mol. The minimum absolute atomic E-state index is 0.129. The highest BCUT2D eigenvalue weighted by molar-refractivity contribution is 7.92. The third-order valence-corrected chi connectivity index (χ3v) is 6.41. The summed E-state index contributed by atoms with van der Waals surface area (Å²) in [6, 6.07) is 18.1. The maximum atomic E-state index is 13.1. The number of sulfonamides is 1. The number of hydrogen-bond donors (Lipinski definition) is 1. The minimum atomic E-state index is -3.95. The molecule has 0 radical (unpaired) electrons. The molecular weight excluding hydrogens is 404 g/mol. The van der Waals surface area contributed by atoms with E-state index in [2.05, 4.69) is 10.3 Å². The number of pyridine rings is 1. The minimum Gasteiger partial charge on any atom is -0.379 e. The number of nitro groups is 1. The molecule has 0 spiro atoms. The summed E-state index contributed by atoms with van der Waals surface area (Å²) in [5, 5.41) is 14.6. The highest BCUT2D eigenvalue weighted by atomic mass is 32.2. The fourth-order valence-corrected chi connectivity index (χ4v) is 4.55. The van der Waals surface area contributed by atoms with Gasteiger partial charge >= 0.3 is 0 Å². The van der Waals surface area contributed by atoms with Gasteiger partial charge in [-0.15, -0.1) is 0 Å². The topological polar surface area (TPSA) is 105 Å². The lowest BCUT2D eigenvalue weighted by Gasteiger charge is -2.23. The van der Waals surface area contributed by atoms with Gasteiger partial charge in [-0.25, -0.2) is 8.42 Å². The lowest BCUT2D eigenvalue weighted by atomic mass is 10.2. The van der Waals surface area contributed by atoms with Gasteiger partial charge in [0, 0.05) is 37.5 Å². The van der Waals surface area contributed by atoms with Gasteiger partial charge in [-0.05, 0) is 43.3 Å². The van der Waals surface area contributed by atoms with Crippen LogP contribution in [0, 0.1) is 10.1 Å². The van der Waals surface area contributed by atoms with E-state index in [-0.39, 0.29) is 22.8 Å². The van der Waals surface area contributed by atoms with Crippen LogP contribution in [0.2, 0.25) is 0 Å². The standard InChI is InChI=1S/C21H22N4O4S/c1-2-24(18-9-4-3-5-10-18)30(28,29)19-11-12-20(21(16-19)25(26)27)23-15-13-17-8-6-7-14-22-17/h3-12,14,16,23H,2,13,15H2,1H3. The Bertz CT molecular complexity index is 1110. The highest BCUT2D eigenvalue weighted by Gasteiger charge is 2.27. The summed E-state index contributed by atoms with van der Waals surface area (Å²) in [6.45, 7) is 2.34. The molecule has 30 heavy (non-hydrogen) atoms. The quantitative estimate of drug-likeness (QED) is 0.411. The summed E-state index contributed by atoms with van der Waals surface area (Å²) in [4.78, 5) is 15.1. The summed E-state index contributed by atoms with van der Waals surface area (Å²) in [7, 11) is -3.95. The van der Waals surface area contributed by atoms with Crippen molar-refractivity contribution in [1.82, 2.24) is 4.98 Å². The maximum absolute atomic E-state index is 13.1. The smallest absolute Gasteiger partial charge is 0.293 e. The monoisotopic (exact) mass is 426 g/mol. The average molecular weight is 426 g/mol. The van der Waals surface area contributed by atoms with Crippen LogP contribution in [0.4, 0.5) is 17.1 Å². The van der Waals surface area contributed by atoms with E-state index in [0.717, 1.165) is 11.8 Å². The van der Waals surface area contributed by atoms with Crippen molar-refractivity contribution in [3.8, 4) is 0 Å². The Kier molecular flexibility index (Phi) is 6.63. The molecule has 0 aliphatic carbocycles. The summed E-state index contributed by atoms with van der Waals surface area (Å²) in [6.07, 6.45) is 2.26. The molecule has 0 aliphatic rings. The lowest BCUT2D eigenvalue weighted by Crippen LogP contribution is -2.30. The molecule has 3 rings (SSSR count). The molecule has 0 saturated carbocycles. The van der Waals surface area contributed by atoms with Gasteiger partial charge < -0.3 is 5.32 Å². The van der Waals surface area contributed by atoms with Gasteiger partial charge in [0.1, 0.15) is 5.69 Å². The summed E-state index contributed by atoms with van der Waals surface area (Å²) >= 11 is 0. The number of nitro benzene ring substituents is 1. The van der Waals surface area contributed by atoms with Gasteiger partial charge in [-0.3, -0.25) is 19.4 Å². The van der Waals surface area contributed by atoms with E-state index in [4.69, 9.17) is 0 Å². The van der Waals surface area contributed by atoms with E-state index >= 15 is 0 Å². The maximum Gasteiger partial charge on any atom is 0.293 e. The first kappa shape index (κ1) is 21.3. The summed E-state index contributed by atoms with van der Waals surface area (Å²) < 4.78 is 27.5. The lowest BCUT2D eigenvalue weighted by molar-refractivity contribution is -0.384. The molecule has 0 unspecified atom stereocenters. The Morgan fingerprint density at radius 1 is 1.07 bits per heavy atom. The fraction of sp³-hybridized carbons (Fsp3) is 0.190. The predicted octanol–water partition coefficient (Wildman–Crippen LogP) is 3.86. The van der Waals surface area contributed by atoms with E-state index in [1.54, 1.807) is 43.5 Å². The second-order valence-corrected chi connectivity index (χ2v) is 8.30. The van der Waals surface area contributed by atoms with Crippen LogP contribution in [0.15, 0.2) is 77.8 Å². The van der Waals surface area contributed by atoms with Crippen molar-refractivity contribution in [1.29, 1.82) is 0 Å². The van der Waals surface area contributed by atoms with Gasteiger partial charge in [-0.2, -0.15) is 0 Å². The highest BCUT2D eigenvalue weighted by Crippen LogP contribution is 2.30. The van der Waals surface area contributed by atoms with Crippen LogP contribution >= 0.6 is 0 Å². The molecule has 0 amide bonds. The molecule has 0 atom stereocenters. The summed E-state index contributed by atoms with van der Waals surface area (Å²) in [5.74, 6) is 0. The first-order valence-corrected chi connectivity index (χ1v) is 10.9. The first-order chi connectivity index (χ1) is 14.4. The zero-order valence-electron chi connectivity index (χ0n) is 16.4. The van der Waals surface area contributed by atoms with Gasteiger partial charge in [0.15, 0.2) is 0 Å². The molecule has 0 bridgehead atoms. The second kappa shape index (κ2) is 9.36. The largest absolute Gasteiger partial charge is 0.379 e. The molecule has 9 heteroatoms. The van der Waals surface area contributed by atoms with Crippen LogP contribution in [0.25, 0.3) is 0 Å². The van der Waals surface area contributed by atoms with Crippen molar-refractivity contribution in [2.24, 2.45) is 0 Å². The van der Waals surface area contributed by atoms with Crippen LogP contribution < -0.4 is 9.62 Å². The van der Waals surface area contributed by atoms with Crippen molar-refractivity contribution in [2.75, 3.05) is 22.7 Å². The third-order valence-electron chi connectivity index (χ3n) is 4.51.